The third-order valence-electron chi connectivity index (χ3n) is 2.76. The van der Waals surface area contributed by atoms with Crippen molar-refractivity contribution >= 4 is 5.82 Å². The molecule has 1 aromatic heterocycles. The number of anilines is 1. The molecule has 0 aliphatic carbocycles. The highest BCUT2D eigenvalue weighted by Crippen LogP contribution is 2.24. The van der Waals surface area contributed by atoms with Gasteiger partial charge in [-0.25, -0.2) is 9.97 Å². The molecule has 3 heteroatoms. The van der Waals surface area contributed by atoms with E-state index in [0.29, 0.717) is 0 Å². The molecule has 0 amide bonds. The van der Waals surface area contributed by atoms with Crippen LogP contribution in [-0.4, -0.2) is 23.1 Å². The molecule has 2 rings (SSSR count). The maximum atomic E-state index is 4.29. The number of rotatable bonds is 1. The van der Waals surface area contributed by atoms with Crippen LogP contribution in [0.3, 0.4) is 0 Å². The van der Waals surface area contributed by atoms with Gasteiger partial charge in [-0.15, -0.1) is 0 Å². The van der Waals surface area contributed by atoms with Gasteiger partial charge in [0.15, 0.2) is 0 Å². The topological polar surface area (TPSA) is 29.0 Å². The lowest BCUT2D eigenvalue weighted by atomic mass is 9.92. The maximum Gasteiger partial charge on any atom is 0.131 e. The zero-order valence-corrected chi connectivity index (χ0v) is 8.85. The van der Waals surface area contributed by atoms with E-state index in [-0.39, 0.29) is 0 Å². The SMILES string of the molecule is C[C@@H]1C[C@H](C)CN(c2ccncn2)C1. The van der Waals surface area contributed by atoms with Crippen molar-refractivity contribution in [3.05, 3.63) is 18.6 Å². The molecule has 0 saturated carbocycles. The average molecular weight is 191 g/mol. The predicted octanol–water partition coefficient (Wildman–Crippen LogP) is 1.96. The van der Waals surface area contributed by atoms with Crippen LogP contribution in [0.2, 0.25) is 0 Å². The molecule has 1 aliphatic rings. The molecule has 0 spiro atoms. The van der Waals surface area contributed by atoms with Crippen molar-refractivity contribution < 1.29 is 0 Å². The predicted molar refractivity (Wildman–Crippen MR) is 57.2 cm³/mol. The molecule has 0 unspecified atom stereocenters. The van der Waals surface area contributed by atoms with Gasteiger partial charge in [-0.3, -0.25) is 0 Å². The van der Waals surface area contributed by atoms with Crippen LogP contribution >= 0.6 is 0 Å². The van der Waals surface area contributed by atoms with E-state index in [9.17, 15) is 0 Å². The van der Waals surface area contributed by atoms with E-state index >= 15 is 0 Å². The first-order chi connectivity index (χ1) is 6.75. The van der Waals surface area contributed by atoms with Crippen molar-refractivity contribution in [2.45, 2.75) is 20.3 Å². The van der Waals surface area contributed by atoms with Crippen LogP contribution in [0.1, 0.15) is 20.3 Å². The summed E-state index contributed by atoms with van der Waals surface area (Å²) in [5.41, 5.74) is 0. The summed E-state index contributed by atoms with van der Waals surface area (Å²) < 4.78 is 0. The molecule has 0 bridgehead atoms. The highest BCUT2D eigenvalue weighted by Gasteiger charge is 2.22. The van der Waals surface area contributed by atoms with E-state index in [1.165, 1.54) is 6.42 Å². The standard InChI is InChI=1S/C11H17N3/c1-9-5-10(2)7-14(6-9)11-3-4-12-8-13-11/h3-4,8-10H,5-7H2,1-2H3/t9-,10+. The van der Waals surface area contributed by atoms with Crippen LogP contribution in [0.15, 0.2) is 18.6 Å². The molecule has 0 radical (unpaired) electrons. The molecule has 76 valence electrons. The summed E-state index contributed by atoms with van der Waals surface area (Å²) >= 11 is 0. The number of aromatic nitrogens is 2. The van der Waals surface area contributed by atoms with E-state index in [2.05, 4.69) is 28.7 Å². The molecule has 1 fully saturated rings. The smallest absolute Gasteiger partial charge is 0.131 e. The Morgan fingerprint density at radius 2 is 2.00 bits per heavy atom. The molecular formula is C11H17N3. The Hall–Kier alpha value is -1.12. The molecule has 3 nitrogen and oxygen atoms in total. The van der Waals surface area contributed by atoms with Crippen molar-refractivity contribution in [3.8, 4) is 0 Å². The molecular weight excluding hydrogens is 174 g/mol. The van der Waals surface area contributed by atoms with Gasteiger partial charge >= 0.3 is 0 Å². The summed E-state index contributed by atoms with van der Waals surface area (Å²) in [6, 6.07) is 1.99. The van der Waals surface area contributed by atoms with Crippen LogP contribution in [0.4, 0.5) is 5.82 Å². The third-order valence-corrected chi connectivity index (χ3v) is 2.76. The number of nitrogens with zero attached hydrogens (tertiary/aromatic N) is 3. The highest BCUT2D eigenvalue weighted by atomic mass is 15.2. The van der Waals surface area contributed by atoms with E-state index < -0.39 is 0 Å². The fourth-order valence-corrected chi connectivity index (χ4v) is 2.32. The fourth-order valence-electron chi connectivity index (χ4n) is 2.32. The Bertz CT molecular complexity index is 276. The van der Waals surface area contributed by atoms with Crippen LogP contribution in [-0.2, 0) is 0 Å². The van der Waals surface area contributed by atoms with Gasteiger partial charge in [0.25, 0.3) is 0 Å². The van der Waals surface area contributed by atoms with E-state index in [4.69, 9.17) is 0 Å². The lowest BCUT2D eigenvalue weighted by molar-refractivity contribution is 0.355. The first kappa shape index (κ1) is 9.44. The molecule has 2 heterocycles. The van der Waals surface area contributed by atoms with E-state index in [1.807, 2.05) is 12.3 Å². The largest absolute Gasteiger partial charge is 0.356 e. The molecule has 1 aliphatic heterocycles. The average Bonchev–Trinajstić information content (AvgIpc) is 2.18. The summed E-state index contributed by atoms with van der Waals surface area (Å²) in [5, 5.41) is 0. The van der Waals surface area contributed by atoms with Crippen LogP contribution in [0.5, 0.6) is 0 Å². The minimum atomic E-state index is 0.772. The van der Waals surface area contributed by atoms with Crippen molar-refractivity contribution in [2.24, 2.45) is 11.8 Å². The monoisotopic (exact) mass is 191 g/mol. The molecule has 1 saturated heterocycles. The van der Waals surface area contributed by atoms with Gasteiger partial charge in [-0.2, -0.15) is 0 Å². The first-order valence-electron chi connectivity index (χ1n) is 5.26. The first-order valence-corrected chi connectivity index (χ1v) is 5.26. The Labute approximate surface area is 85.2 Å². The molecule has 14 heavy (non-hydrogen) atoms. The number of hydrogen-bond donors (Lipinski definition) is 0. The zero-order chi connectivity index (χ0) is 9.97. The van der Waals surface area contributed by atoms with Crippen LogP contribution < -0.4 is 4.90 Å². The Morgan fingerprint density at radius 1 is 1.29 bits per heavy atom. The van der Waals surface area contributed by atoms with Gasteiger partial charge in [0.05, 0.1) is 0 Å². The van der Waals surface area contributed by atoms with Gasteiger partial charge in [0.1, 0.15) is 12.1 Å². The lowest BCUT2D eigenvalue weighted by Gasteiger charge is -2.35. The summed E-state index contributed by atoms with van der Waals surface area (Å²) in [6.45, 7) is 6.87. The third kappa shape index (κ3) is 2.03. The van der Waals surface area contributed by atoms with Gasteiger partial charge in [0.2, 0.25) is 0 Å². The minimum absolute atomic E-state index is 0.772. The van der Waals surface area contributed by atoms with Crippen LogP contribution in [0, 0.1) is 11.8 Å². The molecule has 2 atom stereocenters. The molecule has 0 N–H and O–H groups in total. The minimum Gasteiger partial charge on any atom is -0.356 e. The number of hydrogen-bond acceptors (Lipinski definition) is 3. The second-order valence-electron chi connectivity index (χ2n) is 4.42. The fraction of sp³-hybridized carbons (Fsp3) is 0.636. The van der Waals surface area contributed by atoms with Gasteiger partial charge < -0.3 is 4.90 Å². The Kier molecular flexibility index (Phi) is 2.66. The van der Waals surface area contributed by atoms with Crippen molar-refractivity contribution in [1.29, 1.82) is 0 Å². The Morgan fingerprint density at radius 3 is 2.57 bits per heavy atom. The molecule has 1 aromatic rings. The van der Waals surface area contributed by atoms with Crippen molar-refractivity contribution in [2.75, 3.05) is 18.0 Å². The normalized spacial score (nSPS) is 27.7. The van der Waals surface area contributed by atoms with Gasteiger partial charge in [0, 0.05) is 19.3 Å². The van der Waals surface area contributed by atoms with Gasteiger partial charge in [-0.1, -0.05) is 13.8 Å². The quantitative estimate of drug-likeness (QED) is 0.679. The summed E-state index contributed by atoms with van der Waals surface area (Å²) in [5.74, 6) is 2.61. The van der Waals surface area contributed by atoms with E-state index in [0.717, 1.165) is 30.7 Å². The summed E-state index contributed by atoms with van der Waals surface area (Å²) in [4.78, 5) is 10.6. The summed E-state index contributed by atoms with van der Waals surface area (Å²) in [7, 11) is 0. The second-order valence-corrected chi connectivity index (χ2v) is 4.42. The Balaban J connectivity index is 2.11. The second kappa shape index (κ2) is 3.95. The summed E-state index contributed by atoms with van der Waals surface area (Å²) in [6.07, 6.45) is 4.77. The maximum absolute atomic E-state index is 4.29. The lowest BCUT2D eigenvalue weighted by Crippen LogP contribution is -2.39. The molecule has 0 aromatic carbocycles. The van der Waals surface area contributed by atoms with E-state index in [1.54, 1.807) is 6.33 Å². The van der Waals surface area contributed by atoms with Crippen LogP contribution in [0.25, 0.3) is 0 Å². The van der Waals surface area contributed by atoms with Crippen molar-refractivity contribution in [1.82, 2.24) is 9.97 Å². The highest BCUT2D eigenvalue weighted by molar-refractivity contribution is 5.37. The van der Waals surface area contributed by atoms with Gasteiger partial charge in [-0.05, 0) is 24.3 Å². The van der Waals surface area contributed by atoms with Crippen molar-refractivity contribution in [3.63, 3.8) is 0 Å². The number of piperidine rings is 1. The zero-order valence-electron chi connectivity index (χ0n) is 8.85.